The highest BCUT2D eigenvalue weighted by Crippen LogP contribution is 2.27. The number of carbonyl (C=O) groups excluding carboxylic acids is 2. The Hall–Kier alpha value is -3.46. The first-order valence-electron chi connectivity index (χ1n) is 8.70. The fourth-order valence-corrected chi connectivity index (χ4v) is 3.91. The molecule has 1 aliphatic heterocycles. The predicted octanol–water partition coefficient (Wildman–Crippen LogP) is 2.96. The Balaban J connectivity index is 1.44. The van der Waals surface area contributed by atoms with E-state index in [1.54, 1.807) is 53.7 Å². The molecule has 8 nitrogen and oxygen atoms in total. The second kappa shape index (κ2) is 7.65. The van der Waals surface area contributed by atoms with Crippen molar-refractivity contribution in [2.75, 3.05) is 22.9 Å². The van der Waals surface area contributed by atoms with Gasteiger partial charge >= 0.3 is 6.03 Å². The lowest BCUT2D eigenvalue weighted by Gasteiger charge is -2.26. The van der Waals surface area contributed by atoms with Gasteiger partial charge in [-0.3, -0.25) is 9.78 Å². The van der Waals surface area contributed by atoms with E-state index in [0.717, 1.165) is 10.6 Å². The minimum atomic E-state index is -0.301. The highest BCUT2D eigenvalue weighted by Gasteiger charge is 2.26. The molecule has 0 radical (unpaired) electrons. The molecular weight excluding hydrogens is 376 g/mol. The van der Waals surface area contributed by atoms with E-state index in [2.05, 4.69) is 20.6 Å². The topological polar surface area (TPSA) is 113 Å². The number of anilines is 3. The smallest absolute Gasteiger partial charge is 0.322 e. The van der Waals surface area contributed by atoms with Crippen LogP contribution in [0.25, 0.3) is 0 Å². The number of carbonyl (C=O) groups is 2. The molecule has 4 N–H and O–H groups in total. The van der Waals surface area contributed by atoms with E-state index >= 15 is 0 Å². The number of aromatic nitrogens is 2. The first-order chi connectivity index (χ1) is 13.6. The number of thiazole rings is 1. The van der Waals surface area contributed by atoms with Crippen LogP contribution < -0.4 is 16.4 Å². The summed E-state index contributed by atoms with van der Waals surface area (Å²) in [6.45, 7) is 0.963. The van der Waals surface area contributed by atoms with Gasteiger partial charge in [0.05, 0.1) is 23.6 Å². The van der Waals surface area contributed by atoms with Crippen molar-refractivity contribution in [2.24, 2.45) is 0 Å². The number of hydrogen-bond acceptors (Lipinski definition) is 6. The lowest BCUT2D eigenvalue weighted by molar-refractivity contribution is 0.102. The zero-order chi connectivity index (χ0) is 19.5. The molecule has 1 aliphatic rings. The van der Waals surface area contributed by atoms with Crippen LogP contribution in [0.15, 0.2) is 48.8 Å². The lowest BCUT2D eigenvalue weighted by atomic mass is 10.2. The van der Waals surface area contributed by atoms with Crippen molar-refractivity contribution in [1.82, 2.24) is 14.9 Å². The molecule has 3 amide bonds. The molecule has 0 bridgehead atoms. The van der Waals surface area contributed by atoms with Crippen LogP contribution in [0, 0.1) is 0 Å². The summed E-state index contributed by atoms with van der Waals surface area (Å²) in [6, 6.07) is 10.4. The number of pyridine rings is 1. The van der Waals surface area contributed by atoms with Crippen molar-refractivity contribution >= 4 is 40.3 Å². The van der Waals surface area contributed by atoms with Gasteiger partial charge in [0.1, 0.15) is 0 Å². The summed E-state index contributed by atoms with van der Waals surface area (Å²) in [6.07, 6.45) is 3.85. The van der Waals surface area contributed by atoms with E-state index in [4.69, 9.17) is 5.73 Å². The third kappa shape index (κ3) is 3.79. The third-order valence-corrected chi connectivity index (χ3v) is 5.43. The van der Waals surface area contributed by atoms with Crippen LogP contribution in [-0.4, -0.2) is 33.4 Å². The molecular formula is C19H18N6O2S. The van der Waals surface area contributed by atoms with Crippen molar-refractivity contribution in [3.8, 4) is 0 Å². The van der Waals surface area contributed by atoms with Crippen molar-refractivity contribution in [3.05, 3.63) is 64.4 Å². The van der Waals surface area contributed by atoms with Crippen molar-refractivity contribution in [3.63, 3.8) is 0 Å². The van der Waals surface area contributed by atoms with Crippen LogP contribution in [-0.2, 0) is 13.0 Å². The largest absolute Gasteiger partial charge is 0.397 e. The van der Waals surface area contributed by atoms with E-state index in [0.29, 0.717) is 41.6 Å². The van der Waals surface area contributed by atoms with E-state index < -0.39 is 0 Å². The fourth-order valence-electron chi connectivity index (χ4n) is 2.89. The number of fused-ring (bicyclic) bond motifs is 1. The molecule has 142 valence electrons. The van der Waals surface area contributed by atoms with Crippen molar-refractivity contribution in [2.45, 2.75) is 13.0 Å². The minimum absolute atomic E-state index is 0.187. The van der Waals surface area contributed by atoms with Crippen LogP contribution in [0.5, 0.6) is 0 Å². The van der Waals surface area contributed by atoms with Crippen LogP contribution in [0.2, 0.25) is 0 Å². The summed E-state index contributed by atoms with van der Waals surface area (Å²) < 4.78 is 0. The molecule has 0 unspecified atom stereocenters. The van der Waals surface area contributed by atoms with Gasteiger partial charge < -0.3 is 21.3 Å². The summed E-state index contributed by atoms with van der Waals surface area (Å²) in [7, 11) is 0. The maximum absolute atomic E-state index is 12.5. The molecule has 4 rings (SSSR count). The van der Waals surface area contributed by atoms with Gasteiger partial charge in [0.25, 0.3) is 5.91 Å². The van der Waals surface area contributed by atoms with Crippen LogP contribution in [0.4, 0.5) is 21.9 Å². The molecule has 0 fully saturated rings. The van der Waals surface area contributed by atoms with Gasteiger partial charge in [-0.15, -0.1) is 11.3 Å². The van der Waals surface area contributed by atoms with Gasteiger partial charge in [0, 0.05) is 35.9 Å². The maximum Gasteiger partial charge on any atom is 0.322 e. The van der Waals surface area contributed by atoms with E-state index in [1.807, 2.05) is 0 Å². The number of nitrogens with zero attached hydrogens (tertiary/aromatic N) is 3. The molecule has 1 aromatic carbocycles. The number of amides is 3. The van der Waals surface area contributed by atoms with Crippen molar-refractivity contribution in [1.29, 1.82) is 0 Å². The molecule has 0 spiro atoms. The summed E-state index contributed by atoms with van der Waals surface area (Å²) in [5.41, 5.74) is 8.48. The number of para-hydroxylation sites is 2. The molecule has 0 saturated carbocycles. The average Bonchev–Trinajstić information content (AvgIpc) is 3.14. The first-order valence-corrected chi connectivity index (χ1v) is 9.52. The Morgan fingerprint density at radius 3 is 2.68 bits per heavy atom. The fraction of sp³-hybridized carbons (Fsp3) is 0.158. The summed E-state index contributed by atoms with van der Waals surface area (Å²) in [5, 5.41) is 6.00. The zero-order valence-corrected chi connectivity index (χ0v) is 15.7. The normalized spacial score (nSPS) is 12.9. The standard InChI is InChI=1S/C19H18N6O2S/c20-13-3-1-2-4-14(13)23-17(26)18-24-15-7-10-25(11-16(15)28-18)19(27)22-12-5-8-21-9-6-12/h1-6,8-9H,7,10-11,20H2,(H,23,26)(H,21,22,27). The maximum atomic E-state index is 12.5. The van der Waals surface area contributed by atoms with E-state index in [1.165, 1.54) is 11.3 Å². The lowest BCUT2D eigenvalue weighted by Crippen LogP contribution is -2.38. The Labute approximate surface area is 165 Å². The number of nitrogens with one attached hydrogen (secondary N) is 2. The molecule has 28 heavy (non-hydrogen) atoms. The number of urea groups is 1. The molecule has 0 atom stereocenters. The Morgan fingerprint density at radius 1 is 1.11 bits per heavy atom. The highest BCUT2D eigenvalue weighted by atomic mass is 32.1. The summed E-state index contributed by atoms with van der Waals surface area (Å²) >= 11 is 1.30. The van der Waals surface area contributed by atoms with Crippen LogP contribution in [0.1, 0.15) is 20.4 Å². The number of nitrogens with two attached hydrogens (primary N) is 1. The van der Waals surface area contributed by atoms with Gasteiger partial charge in [-0.1, -0.05) is 12.1 Å². The third-order valence-electron chi connectivity index (χ3n) is 4.35. The number of rotatable bonds is 3. The SMILES string of the molecule is Nc1ccccc1NC(=O)c1nc2c(s1)CN(C(=O)Nc1ccncc1)CC2. The summed E-state index contributed by atoms with van der Waals surface area (Å²) in [4.78, 5) is 36.0. The van der Waals surface area contributed by atoms with Gasteiger partial charge in [-0.25, -0.2) is 9.78 Å². The predicted molar refractivity (Wildman–Crippen MR) is 108 cm³/mol. The molecule has 9 heteroatoms. The first kappa shape index (κ1) is 17.9. The summed E-state index contributed by atoms with van der Waals surface area (Å²) in [5.74, 6) is -0.301. The minimum Gasteiger partial charge on any atom is -0.397 e. The molecule has 3 heterocycles. The zero-order valence-electron chi connectivity index (χ0n) is 14.9. The Morgan fingerprint density at radius 2 is 1.89 bits per heavy atom. The van der Waals surface area contributed by atoms with E-state index in [-0.39, 0.29) is 11.9 Å². The molecule has 2 aromatic heterocycles. The van der Waals surface area contributed by atoms with E-state index in [9.17, 15) is 9.59 Å². The molecule has 3 aromatic rings. The average molecular weight is 394 g/mol. The van der Waals surface area contributed by atoms with Crippen LogP contribution >= 0.6 is 11.3 Å². The number of benzene rings is 1. The van der Waals surface area contributed by atoms with Crippen LogP contribution in [0.3, 0.4) is 0 Å². The van der Waals surface area contributed by atoms with Gasteiger partial charge in [0.15, 0.2) is 5.01 Å². The highest BCUT2D eigenvalue weighted by molar-refractivity contribution is 7.13. The second-order valence-electron chi connectivity index (χ2n) is 6.27. The Bertz CT molecular complexity index is 1020. The molecule has 0 saturated heterocycles. The second-order valence-corrected chi connectivity index (χ2v) is 7.35. The quantitative estimate of drug-likeness (QED) is 0.591. The van der Waals surface area contributed by atoms with Gasteiger partial charge in [0.2, 0.25) is 0 Å². The number of hydrogen-bond donors (Lipinski definition) is 3. The van der Waals surface area contributed by atoms with Gasteiger partial charge in [-0.05, 0) is 24.3 Å². The van der Waals surface area contributed by atoms with Gasteiger partial charge in [-0.2, -0.15) is 0 Å². The Kier molecular flexibility index (Phi) is 4.90. The number of nitrogen functional groups attached to an aromatic ring is 1. The van der Waals surface area contributed by atoms with Crippen molar-refractivity contribution < 1.29 is 9.59 Å². The molecule has 0 aliphatic carbocycles. The monoisotopic (exact) mass is 394 g/mol.